The van der Waals surface area contributed by atoms with Crippen LogP contribution in [0.15, 0.2) is 12.7 Å². The molecule has 0 radical (unpaired) electrons. The van der Waals surface area contributed by atoms with Gasteiger partial charge in [0.1, 0.15) is 0 Å². The number of hydrogen-bond donors (Lipinski definition) is 1. The monoisotopic (exact) mass is 395 g/mol. The van der Waals surface area contributed by atoms with Gasteiger partial charge in [-0.1, -0.05) is 83.6 Å². The smallest absolute Gasteiger partial charge is 0.305 e. The zero-order chi connectivity index (χ0) is 20.7. The molecule has 28 heavy (non-hydrogen) atoms. The van der Waals surface area contributed by atoms with Gasteiger partial charge in [-0.15, -0.1) is 6.58 Å². The highest BCUT2D eigenvalue weighted by Gasteiger charge is 2.08. The molecule has 0 aromatic rings. The maximum Gasteiger partial charge on any atom is 0.305 e. The molecule has 3 nitrogen and oxygen atoms in total. The molecule has 0 aliphatic heterocycles. The number of rotatable bonds is 22. The maximum absolute atomic E-state index is 11.2. The number of ether oxygens (including phenoxy) is 1. The highest BCUT2D eigenvalue weighted by atomic mass is 16.5. The molecule has 0 saturated carbocycles. The molecule has 1 atom stereocenters. The molecule has 0 fully saturated rings. The van der Waals surface area contributed by atoms with Crippen molar-refractivity contribution in [1.82, 2.24) is 5.32 Å². The minimum absolute atomic E-state index is 0.0752. The van der Waals surface area contributed by atoms with E-state index < -0.39 is 0 Å². The molecular formula is C25H49NO2. The van der Waals surface area contributed by atoms with Gasteiger partial charge < -0.3 is 10.1 Å². The van der Waals surface area contributed by atoms with Crippen molar-refractivity contribution in [2.45, 2.75) is 129 Å². The summed E-state index contributed by atoms with van der Waals surface area (Å²) in [6, 6.07) is 0.671. The van der Waals surface area contributed by atoms with E-state index in [0.717, 1.165) is 25.8 Å². The van der Waals surface area contributed by atoms with Gasteiger partial charge >= 0.3 is 5.97 Å². The van der Waals surface area contributed by atoms with Crippen LogP contribution < -0.4 is 5.32 Å². The first-order valence-corrected chi connectivity index (χ1v) is 12.2. The van der Waals surface area contributed by atoms with Crippen molar-refractivity contribution < 1.29 is 9.53 Å². The van der Waals surface area contributed by atoms with E-state index in [2.05, 4.69) is 18.8 Å². The lowest BCUT2D eigenvalue weighted by atomic mass is 9.99. The van der Waals surface area contributed by atoms with Crippen LogP contribution in [0.2, 0.25) is 0 Å². The van der Waals surface area contributed by atoms with E-state index in [1.807, 2.05) is 6.08 Å². The fraction of sp³-hybridized carbons (Fsp3) is 0.880. The Morgan fingerprint density at radius 2 is 1.43 bits per heavy atom. The zero-order valence-electron chi connectivity index (χ0n) is 19.1. The van der Waals surface area contributed by atoms with Crippen molar-refractivity contribution in [2.75, 3.05) is 13.7 Å². The second kappa shape index (κ2) is 22.5. The first kappa shape index (κ1) is 27.2. The van der Waals surface area contributed by atoms with E-state index in [-0.39, 0.29) is 5.97 Å². The van der Waals surface area contributed by atoms with Gasteiger partial charge in [0.15, 0.2) is 0 Å². The number of carbonyl (C=O) groups excluding carboxylic acids is 1. The number of hydrogen-bond acceptors (Lipinski definition) is 3. The van der Waals surface area contributed by atoms with E-state index >= 15 is 0 Å². The standard InChI is InChI=1S/C25H49NO2/c1-4-6-8-10-11-12-13-16-20-24(26-23-19-9-7-5-2)21-17-14-15-18-22-25(27)28-3/h5,24,26H,2,4,6-23H2,1,3H3. The summed E-state index contributed by atoms with van der Waals surface area (Å²) in [5.41, 5.74) is 0. The Morgan fingerprint density at radius 1 is 0.857 bits per heavy atom. The average Bonchev–Trinajstić information content (AvgIpc) is 2.71. The van der Waals surface area contributed by atoms with Crippen LogP contribution in [0.1, 0.15) is 122 Å². The minimum atomic E-state index is -0.0752. The van der Waals surface area contributed by atoms with Crippen LogP contribution in [0.4, 0.5) is 0 Å². The molecule has 166 valence electrons. The number of carbonyl (C=O) groups is 1. The number of methoxy groups -OCH3 is 1. The van der Waals surface area contributed by atoms with Crippen molar-refractivity contribution in [1.29, 1.82) is 0 Å². The summed E-state index contributed by atoms with van der Waals surface area (Å²) in [4.78, 5) is 11.2. The molecule has 0 aromatic carbocycles. The van der Waals surface area contributed by atoms with Crippen molar-refractivity contribution >= 4 is 5.97 Å². The molecular weight excluding hydrogens is 346 g/mol. The quantitative estimate of drug-likeness (QED) is 0.118. The maximum atomic E-state index is 11.2. The lowest BCUT2D eigenvalue weighted by Crippen LogP contribution is -2.30. The third kappa shape index (κ3) is 19.9. The Labute approximate surface area is 176 Å². The van der Waals surface area contributed by atoms with Crippen LogP contribution in [0.5, 0.6) is 0 Å². The highest BCUT2D eigenvalue weighted by Crippen LogP contribution is 2.15. The normalized spacial score (nSPS) is 12.1. The predicted molar refractivity (Wildman–Crippen MR) is 123 cm³/mol. The van der Waals surface area contributed by atoms with E-state index in [0.29, 0.717) is 12.5 Å². The molecule has 0 saturated heterocycles. The van der Waals surface area contributed by atoms with Gasteiger partial charge in [0.05, 0.1) is 7.11 Å². The number of nitrogens with one attached hydrogen (secondary N) is 1. The Kier molecular flexibility index (Phi) is 21.8. The second-order valence-electron chi connectivity index (χ2n) is 8.23. The minimum Gasteiger partial charge on any atom is -0.469 e. The third-order valence-electron chi connectivity index (χ3n) is 5.59. The lowest BCUT2D eigenvalue weighted by Gasteiger charge is -2.19. The topological polar surface area (TPSA) is 38.3 Å². The van der Waals surface area contributed by atoms with Gasteiger partial charge in [-0.2, -0.15) is 0 Å². The van der Waals surface area contributed by atoms with E-state index in [1.165, 1.54) is 97.0 Å². The summed E-state index contributed by atoms with van der Waals surface area (Å²) in [6.45, 7) is 7.22. The molecule has 0 aliphatic carbocycles. The Hall–Kier alpha value is -0.830. The fourth-order valence-corrected chi connectivity index (χ4v) is 3.71. The van der Waals surface area contributed by atoms with Crippen molar-refractivity contribution in [3.63, 3.8) is 0 Å². The molecule has 0 aliphatic rings. The van der Waals surface area contributed by atoms with Gasteiger partial charge in [0.25, 0.3) is 0 Å². The summed E-state index contributed by atoms with van der Waals surface area (Å²) in [5, 5.41) is 3.81. The van der Waals surface area contributed by atoms with E-state index in [9.17, 15) is 4.79 Å². The molecule has 0 bridgehead atoms. The summed E-state index contributed by atoms with van der Waals surface area (Å²) in [7, 11) is 1.47. The van der Waals surface area contributed by atoms with Crippen molar-refractivity contribution in [3.8, 4) is 0 Å². The van der Waals surface area contributed by atoms with Crippen LogP contribution in [0, 0.1) is 0 Å². The van der Waals surface area contributed by atoms with Gasteiger partial charge in [-0.3, -0.25) is 4.79 Å². The first-order valence-electron chi connectivity index (χ1n) is 12.2. The SMILES string of the molecule is C=CCCCCNC(CCCCCCCCCC)CCCCCCC(=O)OC. The molecule has 0 rings (SSSR count). The van der Waals surface area contributed by atoms with Gasteiger partial charge in [-0.05, 0) is 45.1 Å². The van der Waals surface area contributed by atoms with Crippen molar-refractivity contribution in [2.24, 2.45) is 0 Å². The Balaban J connectivity index is 3.84. The van der Waals surface area contributed by atoms with Gasteiger partial charge in [0.2, 0.25) is 0 Å². The van der Waals surface area contributed by atoms with E-state index in [1.54, 1.807) is 0 Å². The number of unbranched alkanes of at least 4 members (excludes halogenated alkanes) is 12. The van der Waals surface area contributed by atoms with Crippen LogP contribution in [0.3, 0.4) is 0 Å². The lowest BCUT2D eigenvalue weighted by molar-refractivity contribution is -0.140. The van der Waals surface area contributed by atoms with Crippen LogP contribution >= 0.6 is 0 Å². The Bertz CT molecular complexity index is 343. The molecule has 1 unspecified atom stereocenters. The molecule has 0 amide bonds. The van der Waals surface area contributed by atoms with Crippen LogP contribution in [-0.4, -0.2) is 25.7 Å². The molecule has 0 aromatic heterocycles. The van der Waals surface area contributed by atoms with Crippen LogP contribution in [-0.2, 0) is 9.53 Å². The van der Waals surface area contributed by atoms with Gasteiger partial charge in [-0.25, -0.2) is 0 Å². The Morgan fingerprint density at radius 3 is 2.00 bits per heavy atom. The molecule has 0 spiro atoms. The fourth-order valence-electron chi connectivity index (χ4n) is 3.71. The molecule has 1 N–H and O–H groups in total. The number of allylic oxidation sites excluding steroid dienone is 1. The predicted octanol–water partition coefficient (Wildman–Crippen LogP) is 7.35. The second-order valence-corrected chi connectivity index (χ2v) is 8.23. The zero-order valence-corrected chi connectivity index (χ0v) is 19.1. The summed E-state index contributed by atoms with van der Waals surface area (Å²) in [6.07, 6.45) is 24.5. The van der Waals surface area contributed by atoms with Gasteiger partial charge in [0, 0.05) is 12.5 Å². The molecule has 0 heterocycles. The van der Waals surface area contributed by atoms with Crippen molar-refractivity contribution in [3.05, 3.63) is 12.7 Å². The number of esters is 1. The summed E-state index contributed by atoms with van der Waals surface area (Å²) >= 11 is 0. The first-order chi connectivity index (χ1) is 13.7. The largest absolute Gasteiger partial charge is 0.469 e. The summed E-state index contributed by atoms with van der Waals surface area (Å²) in [5.74, 6) is -0.0752. The van der Waals surface area contributed by atoms with Crippen LogP contribution in [0.25, 0.3) is 0 Å². The van der Waals surface area contributed by atoms with E-state index in [4.69, 9.17) is 4.74 Å². The summed E-state index contributed by atoms with van der Waals surface area (Å²) < 4.78 is 4.70. The molecule has 3 heteroatoms. The highest BCUT2D eigenvalue weighted by molar-refractivity contribution is 5.68. The average molecular weight is 396 g/mol. The third-order valence-corrected chi connectivity index (χ3v) is 5.59.